The Kier molecular flexibility index (Phi) is 5.23. The third-order valence-corrected chi connectivity index (χ3v) is 5.32. The maximum atomic E-state index is 12.8. The number of aryl methyl sites for hydroxylation is 1. The quantitative estimate of drug-likeness (QED) is 0.863. The van der Waals surface area contributed by atoms with Crippen LogP contribution in [-0.4, -0.2) is 14.3 Å². The van der Waals surface area contributed by atoms with Crippen molar-refractivity contribution < 1.29 is 13.2 Å². The molecule has 0 aromatic heterocycles. The highest BCUT2D eigenvalue weighted by Gasteiger charge is 2.21. The Bertz CT molecular complexity index is 880. The summed E-state index contributed by atoms with van der Waals surface area (Å²) in [4.78, 5) is 11.3. The maximum absolute atomic E-state index is 12.8. The van der Waals surface area contributed by atoms with Gasteiger partial charge in [0.25, 0.3) is 10.0 Å². The van der Waals surface area contributed by atoms with E-state index in [2.05, 4.69) is 10.0 Å². The van der Waals surface area contributed by atoms with E-state index in [-0.39, 0.29) is 16.2 Å². The number of carbonyl (C=O) groups excluding carboxylic acids is 1. The lowest BCUT2D eigenvalue weighted by atomic mass is 9.87. The van der Waals surface area contributed by atoms with Crippen LogP contribution in [0.25, 0.3) is 0 Å². The fourth-order valence-corrected chi connectivity index (χ4v) is 3.72. The zero-order valence-electron chi connectivity index (χ0n) is 15.2. The first-order valence-corrected chi connectivity index (χ1v) is 9.49. The molecule has 2 N–H and O–H groups in total. The topological polar surface area (TPSA) is 75.3 Å². The average Bonchev–Trinajstić information content (AvgIpc) is 2.47. The van der Waals surface area contributed by atoms with Crippen LogP contribution in [0.15, 0.2) is 47.4 Å². The third-order valence-electron chi connectivity index (χ3n) is 3.80. The lowest BCUT2D eigenvalue weighted by Crippen LogP contribution is -2.17. The van der Waals surface area contributed by atoms with Gasteiger partial charge in [-0.1, -0.05) is 32.9 Å². The van der Waals surface area contributed by atoms with Gasteiger partial charge in [0.2, 0.25) is 5.91 Å². The van der Waals surface area contributed by atoms with Gasteiger partial charge < -0.3 is 5.32 Å². The number of hydrogen-bond acceptors (Lipinski definition) is 3. The Hall–Kier alpha value is -2.34. The Morgan fingerprint density at radius 3 is 2.04 bits per heavy atom. The molecule has 0 aliphatic rings. The monoisotopic (exact) mass is 360 g/mol. The van der Waals surface area contributed by atoms with Gasteiger partial charge in [0.05, 0.1) is 4.90 Å². The number of carbonyl (C=O) groups is 1. The van der Waals surface area contributed by atoms with E-state index in [1.165, 1.54) is 6.92 Å². The minimum atomic E-state index is -3.70. The fraction of sp³-hybridized carbons (Fsp3) is 0.316. The molecule has 0 heterocycles. The largest absolute Gasteiger partial charge is 0.326 e. The Balaban J connectivity index is 2.32. The Morgan fingerprint density at radius 1 is 0.960 bits per heavy atom. The van der Waals surface area contributed by atoms with Crippen LogP contribution in [0.4, 0.5) is 11.4 Å². The summed E-state index contributed by atoms with van der Waals surface area (Å²) in [6.45, 7) is 9.33. The maximum Gasteiger partial charge on any atom is 0.262 e. The average molecular weight is 360 g/mol. The van der Waals surface area contributed by atoms with E-state index in [9.17, 15) is 13.2 Å². The molecule has 0 saturated heterocycles. The summed E-state index contributed by atoms with van der Waals surface area (Å²) in [5, 5.41) is 2.64. The second kappa shape index (κ2) is 6.88. The van der Waals surface area contributed by atoms with Crippen molar-refractivity contribution >= 4 is 27.3 Å². The molecule has 2 aromatic carbocycles. The summed E-state index contributed by atoms with van der Waals surface area (Å²) in [6, 6.07) is 12.0. The van der Waals surface area contributed by atoms with E-state index in [0.717, 1.165) is 5.56 Å². The molecule has 0 spiro atoms. The van der Waals surface area contributed by atoms with Gasteiger partial charge in [-0.25, -0.2) is 8.42 Å². The minimum absolute atomic E-state index is 0.141. The van der Waals surface area contributed by atoms with Gasteiger partial charge in [0, 0.05) is 18.3 Å². The molecule has 0 bridgehead atoms. The molecule has 5 nitrogen and oxygen atoms in total. The van der Waals surface area contributed by atoms with Gasteiger partial charge in [-0.2, -0.15) is 0 Å². The summed E-state index contributed by atoms with van der Waals surface area (Å²) < 4.78 is 28.2. The normalized spacial score (nSPS) is 11.9. The Morgan fingerprint density at radius 2 is 1.52 bits per heavy atom. The van der Waals surface area contributed by atoms with Crippen molar-refractivity contribution in [2.24, 2.45) is 0 Å². The van der Waals surface area contributed by atoms with Crippen molar-refractivity contribution in [2.45, 2.75) is 44.9 Å². The molecule has 1 amide bonds. The number of nitrogens with one attached hydrogen (secondary N) is 2. The van der Waals surface area contributed by atoms with Gasteiger partial charge in [0.1, 0.15) is 0 Å². The van der Waals surface area contributed by atoms with Crippen molar-refractivity contribution in [3.8, 4) is 0 Å². The number of anilines is 2. The van der Waals surface area contributed by atoms with Crippen molar-refractivity contribution in [2.75, 3.05) is 10.0 Å². The number of sulfonamides is 1. The van der Waals surface area contributed by atoms with Gasteiger partial charge in [-0.3, -0.25) is 9.52 Å². The second-order valence-corrected chi connectivity index (χ2v) is 8.75. The van der Waals surface area contributed by atoms with Crippen LogP contribution in [0, 0.1) is 6.92 Å². The van der Waals surface area contributed by atoms with E-state index in [4.69, 9.17) is 0 Å². The number of benzene rings is 2. The molecular formula is C19H24N2O3S. The summed E-state index contributed by atoms with van der Waals surface area (Å²) >= 11 is 0. The van der Waals surface area contributed by atoms with Crippen LogP contribution in [0.3, 0.4) is 0 Å². The molecule has 2 rings (SSSR count). The predicted molar refractivity (Wildman–Crippen MR) is 101 cm³/mol. The summed E-state index contributed by atoms with van der Waals surface area (Å²) in [5.74, 6) is -0.178. The molecule has 0 fully saturated rings. The van der Waals surface area contributed by atoms with Crippen LogP contribution in [0.5, 0.6) is 0 Å². The highest BCUT2D eigenvalue weighted by molar-refractivity contribution is 7.92. The first kappa shape index (κ1) is 19.0. The van der Waals surface area contributed by atoms with Gasteiger partial charge in [-0.05, 0) is 53.8 Å². The molecule has 134 valence electrons. The second-order valence-electron chi connectivity index (χ2n) is 7.09. The van der Waals surface area contributed by atoms with Gasteiger partial charge >= 0.3 is 0 Å². The minimum Gasteiger partial charge on any atom is -0.326 e. The predicted octanol–water partition coefficient (Wildman–Crippen LogP) is 4.05. The molecule has 6 heteroatoms. The molecule has 0 unspecified atom stereocenters. The first-order valence-electron chi connectivity index (χ1n) is 8.01. The number of hydrogen-bond donors (Lipinski definition) is 2. The van der Waals surface area contributed by atoms with Gasteiger partial charge in [-0.15, -0.1) is 0 Å². The van der Waals surface area contributed by atoms with Crippen molar-refractivity contribution in [1.82, 2.24) is 0 Å². The first-order chi connectivity index (χ1) is 11.5. The van der Waals surface area contributed by atoms with Gasteiger partial charge in [0.15, 0.2) is 0 Å². The summed E-state index contributed by atoms with van der Waals surface area (Å²) in [5.41, 5.74) is 2.56. The van der Waals surface area contributed by atoms with Crippen LogP contribution in [0.1, 0.15) is 38.8 Å². The SMILES string of the molecule is CC(=O)Nc1ccc(NS(=O)(=O)c2cc(C(C)(C)C)ccc2C)cc1. The molecular weight excluding hydrogens is 336 g/mol. The standard InChI is InChI=1S/C19H24N2O3S/c1-13-6-7-15(19(3,4)5)12-18(13)25(23,24)21-17-10-8-16(9-11-17)20-14(2)22/h6-12,21H,1-5H3,(H,20,22). The molecule has 2 aromatic rings. The van der Waals surface area contributed by atoms with Crippen molar-refractivity contribution in [1.29, 1.82) is 0 Å². The zero-order valence-corrected chi connectivity index (χ0v) is 16.0. The van der Waals surface area contributed by atoms with E-state index < -0.39 is 10.0 Å². The van der Waals surface area contributed by atoms with E-state index >= 15 is 0 Å². The zero-order chi connectivity index (χ0) is 18.8. The highest BCUT2D eigenvalue weighted by Crippen LogP contribution is 2.28. The molecule has 0 radical (unpaired) electrons. The van der Waals surface area contributed by atoms with Crippen molar-refractivity contribution in [3.05, 3.63) is 53.6 Å². The Labute approximate surface area is 149 Å². The molecule has 0 saturated carbocycles. The van der Waals surface area contributed by atoms with Crippen LogP contribution < -0.4 is 10.0 Å². The molecule has 25 heavy (non-hydrogen) atoms. The summed E-state index contributed by atoms with van der Waals surface area (Å²) in [7, 11) is -3.70. The van der Waals surface area contributed by atoms with Crippen LogP contribution in [-0.2, 0) is 20.2 Å². The molecule has 0 aliphatic heterocycles. The third kappa shape index (κ3) is 4.82. The highest BCUT2D eigenvalue weighted by atomic mass is 32.2. The fourth-order valence-electron chi connectivity index (χ4n) is 2.39. The number of amides is 1. The molecule has 0 atom stereocenters. The van der Waals surface area contributed by atoms with Crippen LogP contribution in [0.2, 0.25) is 0 Å². The number of rotatable bonds is 4. The van der Waals surface area contributed by atoms with Crippen molar-refractivity contribution in [3.63, 3.8) is 0 Å². The van der Waals surface area contributed by atoms with E-state index in [0.29, 0.717) is 16.9 Å². The lowest BCUT2D eigenvalue weighted by Gasteiger charge is -2.21. The summed E-state index contributed by atoms with van der Waals surface area (Å²) in [6.07, 6.45) is 0. The van der Waals surface area contributed by atoms with Crippen LogP contribution >= 0.6 is 0 Å². The van der Waals surface area contributed by atoms with E-state index in [1.807, 2.05) is 32.9 Å². The van der Waals surface area contributed by atoms with E-state index in [1.54, 1.807) is 37.3 Å². The molecule has 0 aliphatic carbocycles. The smallest absolute Gasteiger partial charge is 0.262 e. The lowest BCUT2D eigenvalue weighted by molar-refractivity contribution is -0.114.